The Balaban J connectivity index is 2.49. The molecule has 0 atom stereocenters. The standard InChI is InChI=1S/C9H17NO2/c1-8(2,3)12-7(11)9(6-10)4-5-9/h4-6,10H2,1-3H3. The molecular formula is C9H17NO2. The van der Waals surface area contributed by atoms with Gasteiger partial charge in [0.15, 0.2) is 0 Å². The lowest BCUT2D eigenvalue weighted by Gasteiger charge is -2.22. The summed E-state index contributed by atoms with van der Waals surface area (Å²) in [7, 11) is 0. The third-order valence-electron chi connectivity index (χ3n) is 2.08. The highest BCUT2D eigenvalue weighted by atomic mass is 16.6. The molecule has 1 fully saturated rings. The molecule has 0 aliphatic heterocycles. The van der Waals surface area contributed by atoms with Crippen molar-refractivity contribution < 1.29 is 9.53 Å². The maximum atomic E-state index is 11.5. The molecule has 0 aromatic carbocycles. The van der Waals surface area contributed by atoms with Crippen molar-refractivity contribution in [3.63, 3.8) is 0 Å². The van der Waals surface area contributed by atoms with Crippen LogP contribution in [0.2, 0.25) is 0 Å². The highest BCUT2D eigenvalue weighted by Gasteiger charge is 2.51. The van der Waals surface area contributed by atoms with E-state index in [-0.39, 0.29) is 17.0 Å². The first kappa shape index (κ1) is 9.52. The van der Waals surface area contributed by atoms with Crippen LogP contribution in [0.4, 0.5) is 0 Å². The largest absolute Gasteiger partial charge is 0.460 e. The fraction of sp³-hybridized carbons (Fsp3) is 0.889. The minimum absolute atomic E-state index is 0.127. The summed E-state index contributed by atoms with van der Waals surface area (Å²) >= 11 is 0. The third-order valence-corrected chi connectivity index (χ3v) is 2.08. The molecule has 0 heterocycles. The van der Waals surface area contributed by atoms with Gasteiger partial charge in [0, 0.05) is 6.54 Å². The van der Waals surface area contributed by atoms with E-state index in [0.29, 0.717) is 6.54 Å². The quantitative estimate of drug-likeness (QED) is 0.632. The van der Waals surface area contributed by atoms with Crippen LogP contribution in [0.15, 0.2) is 0 Å². The van der Waals surface area contributed by atoms with E-state index in [1.807, 2.05) is 20.8 Å². The molecule has 1 aliphatic rings. The zero-order chi connectivity index (χ0) is 9.41. The summed E-state index contributed by atoms with van der Waals surface area (Å²) in [6.45, 7) is 6.04. The lowest BCUT2D eigenvalue weighted by atomic mass is 10.1. The number of hydrogen-bond donors (Lipinski definition) is 1. The lowest BCUT2D eigenvalue weighted by Crippen LogP contribution is -2.33. The highest BCUT2D eigenvalue weighted by molar-refractivity contribution is 5.80. The summed E-state index contributed by atoms with van der Waals surface area (Å²) in [6, 6.07) is 0. The molecular weight excluding hydrogens is 154 g/mol. The topological polar surface area (TPSA) is 52.3 Å². The number of esters is 1. The van der Waals surface area contributed by atoms with Gasteiger partial charge in [-0.25, -0.2) is 0 Å². The molecule has 3 nitrogen and oxygen atoms in total. The van der Waals surface area contributed by atoms with E-state index < -0.39 is 0 Å². The molecule has 0 radical (unpaired) electrons. The average Bonchev–Trinajstić information content (AvgIpc) is 2.62. The number of hydrogen-bond acceptors (Lipinski definition) is 3. The van der Waals surface area contributed by atoms with Crippen LogP contribution in [0.5, 0.6) is 0 Å². The molecule has 0 bridgehead atoms. The average molecular weight is 171 g/mol. The monoisotopic (exact) mass is 171 g/mol. The Kier molecular flexibility index (Phi) is 2.17. The Hall–Kier alpha value is -0.570. The molecule has 0 aromatic rings. The minimum atomic E-state index is -0.387. The lowest BCUT2D eigenvalue weighted by molar-refractivity contribution is -0.161. The Bertz CT molecular complexity index is 189. The van der Waals surface area contributed by atoms with Crippen LogP contribution >= 0.6 is 0 Å². The zero-order valence-electron chi connectivity index (χ0n) is 8.02. The van der Waals surface area contributed by atoms with Crippen molar-refractivity contribution in [3.05, 3.63) is 0 Å². The van der Waals surface area contributed by atoms with E-state index >= 15 is 0 Å². The van der Waals surface area contributed by atoms with Crippen LogP contribution in [-0.4, -0.2) is 18.1 Å². The third kappa shape index (κ3) is 1.97. The van der Waals surface area contributed by atoms with Crippen molar-refractivity contribution in [1.29, 1.82) is 0 Å². The van der Waals surface area contributed by atoms with Crippen molar-refractivity contribution in [1.82, 2.24) is 0 Å². The van der Waals surface area contributed by atoms with E-state index in [4.69, 9.17) is 10.5 Å². The van der Waals surface area contributed by atoms with Gasteiger partial charge in [0.1, 0.15) is 5.60 Å². The van der Waals surface area contributed by atoms with Gasteiger partial charge in [0.05, 0.1) is 5.41 Å². The van der Waals surface area contributed by atoms with Crippen molar-refractivity contribution in [3.8, 4) is 0 Å². The summed E-state index contributed by atoms with van der Waals surface area (Å²) in [5.74, 6) is -0.127. The van der Waals surface area contributed by atoms with Gasteiger partial charge in [0.25, 0.3) is 0 Å². The van der Waals surface area contributed by atoms with Gasteiger partial charge in [-0.15, -0.1) is 0 Å². The number of carbonyl (C=O) groups excluding carboxylic acids is 1. The molecule has 12 heavy (non-hydrogen) atoms. The second kappa shape index (κ2) is 2.73. The van der Waals surface area contributed by atoms with E-state index in [9.17, 15) is 4.79 Å². The molecule has 1 rings (SSSR count). The Morgan fingerprint density at radius 1 is 1.50 bits per heavy atom. The first-order valence-corrected chi connectivity index (χ1v) is 4.33. The fourth-order valence-corrected chi connectivity index (χ4v) is 1.03. The van der Waals surface area contributed by atoms with Crippen LogP contribution in [0.3, 0.4) is 0 Å². The molecule has 0 spiro atoms. The van der Waals surface area contributed by atoms with Crippen molar-refractivity contribution >= 4 is 5.97 Å². The van der Waals surface area contributed by atoms with Crippen molar-refractivity contribution in [2.24, 2.45) is 11.1 Å². The molecule has 0 aromatic heterocycles. The van der Waals surface area contributed by atoms with Crippen LogP contribution < -0.4 is 5.73 Å². The van der Waals surface area contributed by atoms with E-state index in [2.05, 4.69) is 0 Å². The fourth-order valence-electron chi connectivity index (χ4n) is 1.03. The maximum Gasteiger partial charge on any atom is 0.313 e. The number of rotatable bonds is 2. The molecule has 0 amide bonds. The molecule has 0 unspecified atom stereocenters. The van der Waals surface area contributed by atoms with Gasteiger partial charge in [0.2, 0.25) is 0 Å². The normalized spacial score (nSPS) is 20.3. The Morgan fingerprint density at radius 3 is 2.25 bits per heavy atom. The van der Waals surface area contributed by atoms with Gasteiger partial charge in [-0.1, -0.05) is 0 Å². The molecule has 70 valence electrons. The minimum Gasteiger partial charge on any atom is -0.460 e. The molecule has 0 saturated heterocycles. The first-order chi connectivity index (χ1) is 5.40. The Labute approximate surface area is 73.3 Å². The summed E-state index contributed by atoms with van der Waals surface area (Å²) in [5, 5.41) is 0. The predicted molar refractivity (Wildman–Crippen MR) is 46.6 cm³/mol. The molecule has 2 N–H and O–H groups in total. The maximum absolute atomic E-state index is 11.5. The number of ether oxygens (including phenoxy) is 1. The van der Waals surface area contributed by atoms with Crippen LogP contribution in [0.25, 0.3) is 0 Å². The predicted octanol–water partition coefficient (Wildman–Crippen LogP) is 1.07. The molecule has 3 heteroatoms. The van der Waals surface area contributed by atoms with Crippen molar-refractivity contribution in [2.45, 2.75) is 39.2 Å². The van der Waals surface area contributed by atoms with Gasteiger partial charge < -0.3 is 10.5 Å². The van der Waals surface area contributed by atoms with Gasteiger partial charge >= 0.3 is 5.97 Å². The van der Waals surface area contributed by atoms with E-state index in [0.717, 1.165) is 12.8 Å². The van der Waals surface area contributed by atoms with Gasteiger partial charge in [-0.3, -0.25) is 4.79 Å². The van der Waals surface area contributed by atoms with E-state index in [1.165, 1.54) is 0 Å². The van der Waals surface area contributed by atoms with Crippen LogP contribution in [0, 0.1) is 5.41 Å². The summed E-state index contributed by atoms with van der Waals surface area (Å²) in [5.41, 5.74) is 4.77. The highest BCUT2D eigenvalue weighted by Crippen LogP contribution is 2.46. The van der Waals surface area contributed by atoms with Crippen molar-refractivity contribution in [2.75, 3.05) is 6.54 Å². The molecule has 1 aliphatic carbocycles. The van der Waals surface area contributed by atoms with Crippen LogP contribution in [0.1, 0.15) is 33.6 Å². The SMILES string of the molecule is CC(C)(C)OC(=O)C1(CN)CC1. The zero-order valence-corrected chi connectivity index (χ0v) is 8.02. The van der Waals surface area contributed by atoms with Gasteiger partial charge in [-0.2, -0.15) is 0 Å². The summed E-state index contributed by atoms with van der Waals surface area (Å²) in [6.07, 6.45) is 1.77. The Morgan fingerprint density at radius 2 is 2.00 bits per heavy atom. The van der Waals surface area contributed by atoms with E-state index in [1.54, 1.807) is 0 Å². The van der Waals surface area contributed by atoms with Gasteiger partial charge in [-0.05, 0) is 33.6 Å². The molecule has 1 saturated carbocycles. The second-order valence-corrected chi connectivity index (χ2v) is 4.49. The first-order valence-electron chi connectivity index (χ1n) is 4.33. The number of carbonyl (C=O) groups is 1. The summed E-state index contributed by atoms with van der Waals surface area (Å²) in [4.78, 5) is 11.5. The second-order valence-electron chi connectivity index (χ2n) is 4.49. The number of nitrogens with two attached hydrogens (primary N) is 1. The smallest absolute Gasteiger partial charge is 0.313 e. The summed E-state index contributed by atoms with van der Waals surface area (Å²) < 4.78 is 5.24. The van der Waals surface area contributed by atoms with Crippen LogP contribution in [-0.2, 0) is 9.53 Å².